The molecule has 1 aromatic carbocycles. The molecule has 0 amide bonds. The molecule has 0 saturated carbocycles. The average Bonchev–Trinajstić information content (AvgIpc) is 3.19. The van der Waals surface area contributed by atoms with Crippen molar-refractivity contribution < 1.29 is 13.2 Å². The van der Waals surface area contributed by atoms with Crippen LogP contribution in [0.5, 0.6) is 0 Å². The molecule has 0 unspecified atom stereocenters. The van der Waals surface area contributed by atoms with E-state index in [2.05, 4.69) is 26.9 Å². The normalized spacial score (nSPS) is 13.8. The highest BCUT2D eigenvalue weighted by atomic mass is 32.1. The molecule has 3 heterocycles. The summed E-state index contributed by atoms with van der Waals surface area (Å²) >= 11 is 1.39. The molecule has 0 spiro atoms. The molecule has 2 aromatic heterocycles. The van der Waals surface area contributed by atoms with E-state index in [1.54, 1.807) is 35.4 Å². The van der Waals surface area contributed by atoms with Gasteiger partial charge in [-0.2, -0.15) is 5.10 Å². The number of nitrogens with zero attached hydrogens (tertiary/aromatic N) is 5. The van der Waals surface area contributed by atoms with Crippen LogP contribution in [0, 0.1) is 5.82 Å². The van der Waals surface area contributed by atoms with Gasteiger partial charge in [-0.25, -0.2) is 13.2 Å². The van der Waals surface area contributed by atoms with Crippen LogP contribution in [0.3, 0.4) is 0 Å². The van der Waals surface area contributed by atoms with Crippen LogP contribution in [0.1, 0.15) is 16.3 Å². The summed E-state index contributed by atoms with van der Waals surface area (Å²) in [5, 5.41) is 16.0. The maximum atomic E-state index is 13.1. The number of rotatable bonds is 6. The fourth-order valence-corrected chi connectivity index (χ4v) is 3.62. The minimum atomic E-state index is -2.43. The molecule has 152 valence electrons. The summed E-state index contributed by atoms with van der Waals surface area (Å²) in [7, 11) is 0. The molecule has 0 radical (unpaired) electrons. The van der Waals surface area contributed by atoms with Gasteiger partial charge in [0.05, 0.1) is 24.4 Å². The fourth-order valence-electron chi connectivity index (χ4n) is 2.79. The van der Waals surface area contributed by atoms with Crippen molar-refractivity contribution in [2.75, 3.05) is 0 Å². The zero-order chi connectivity index (χ0) is 21.1. The second-order valence-corrected chi connectivity index (χ2v) is 7.57. The standard InChI is InChI=1S/C21H16F3N5S/c1-13-2-9-18(15-5-8-17(25-11-15)10-19(23)24)28-29(13)12-20-26-27-21(30-20)14-3-6-16(22)7-4-14/h2-9,11,19H,1,10,12H2. The van der Waals surface area contributed by atoms with E-state index in [4.69, 9.17) is 0 Å². The Morgan fingerprint density at radius 1 is 1.00 bits per heavy atom. The van der Waals surface area contributed by atoms with Crippen LogP contribution >= 0.6 is 11.3 Å². The zero-order valence-electron chi connectivity index (χ0n) is 15.7. The minimum absolute atomic E-state index is 0.307. The van der Waals surface area contributed by atoms with Crippen molar-refractivity contribution in [2.45, 2.75) is 19.4 Å². The van der Waals surface area contributed by atoms with Gasteiger partial charge >= 0.3 is 0 Å². The van der Waals surface area contributed by atoms with Gasteiger partial charge in [0.15, 0.2) is 0 Å². The Hall–Kier alpha value is -3.33. The number of hydrogen-bond donors (Lipinski definition) is 0. The van der Waals surface area contributed by atoms with Gasteiger partial charge in [0, 0.05) is 23.0 Å². The Kier molecular flexibility index (Phi) is 5.71. The molecule has 1 aliphatic heterocycles. The summed E-state index contributed by atoms with van der Waals surface area (Å²) in [4.78, 5) is 4.08. The van der Waals surface area contributed by atoms with Crippen molar-refractivity contribution in [3.8, 4) is 10.6 Å². The Balaban J connectivity index is 1.50. The first-order chi connectivity index (χ1) is 14.5. The summed E-state index contributed by atoms with van der Waals surface area (Å²) in [6.07, 6.45) is 2.34. The molecular weight excluding hydrogens is 411 g/mol. The number of halogens is 3. The Morgan fingerprint density at radius 3 is 2.47 bits per heavy atom. The van der Waals surface area contributed by atoms with Crippen LogP contribution in [0.15, 0.2) is 72.1 Å². The lowest BCUT2D eigenvalue weighted by atomic mass is 10.1. The average molecular weight is 427 g/mol. The highest BCUT2D eigenvalue weighted by Gasteiger charge is 2.16. The van der Waals surface area contributed by atoms with E-state index in [9.17, 15) is 13.2 Å². The summed E-state index contributed by atoms with van der Waals surface area (Å²) in [6.45, 7) is 4.35. The summed E-state index contributed by atoms with van der Waals surface area (Å²) in [6, 6.07) is 9.37. The summed E-state index contributed by atoms with van der Waals surface area (Å²) in [5.74, 6) is -0.307. The lowest BCUT2D eigenvalue weighted by Gasteiger charge is -2.22. The predicted molar refractivity (Wildman–Crippen MR) is 110 cm³/mol. The van der Waals surface area contributed by atoms with Crippen molar-refractivity contribution in [3.63, 3.8) is 0 Å². The number of allylic oxidation sites excluding steroid dienone is 2. The largest absolute Gasteiger partial charge is 0.260 e. The van der Waals surface area contributed by atoms with Crippen LogP contribution in [0.2, 0.25) is 0 Å². The van der Waals surface area contributed by atoms with Gasteiger partial charge in [-0.15, -0.1) is 10.2 Å². The lowest BCUT2D eigenvalue weighted by molar-refractivity contribution is 0.148. The molecule has 0 saturated heterocycles. The van der Waals surface area contributed by atoms with Crippen LogP contribution in [-0.2, 0) is 13.0 Å². The number of pyridine rings is 1. The first-order valence-electron chi connectivity index (χ1n) is 9.03. The second kappa shape index (κ2) is 8.58. The number of hydrazone groups is 1. The molecular formula is C21H16F3N5S. The van der Waals surface area contributed by atoms with Crippen LogP contribution in [0.25, 0.3) is 10.6 Å². The van der Waals surface area contributed by atoms with Crippen molar-refractivity contribution in [1.29, 1.82) is 0 Å². The fraction of sp³-hybridized carbons (Fsp3) is 0.143. The van der Waals surface area contributed by atoms with E-state index >= 15 is 0 Å². The van der Waals surface area contributed by atoms with Gasteiger partial charge in [-0.1, -0.05) is 17.9 Å². The topological polar surface area (TPSA) is 54.3 Å². The third-order valence-electron chi connectivity index (χ3n) is 4.32. The molecule has 5 nitrogen and oxygen atoms in total. The van der Waals surface area contributed by atoms with Gasteiger partial charge in [0.25, 0.3) is 0 Å². The SMILES string of the molecule is C=C1C=CC(c2ccc(CC(F)F)nc2)=NN1Cc1nnc(-c2ccc(F)cc2)s1. The van der Waals surface area contributed by atoms with Crippen LogP contribution in [0.4, 0.5) is 13.2 Å². The molecule has 0 fully saturated rings. The summed E-state index contributed by atoms with van der Waals surface area (Å²) in [5.41, 5.74) is 3.15. The van der Waals surface area contributed by atoms with E-state index in [0.29, 0.717) is 34.2 Å². The predicted octanol–water partition coefficient (Wildman–Crippen LogP) is 4.84. The van der Waals surface area contributed by atoms with E-state index in [0.717, 1.165) is 10.6 Å². The molecule has 30 heavy (non-hydrogen) atoms. The summed E-state index contributed by atoms with van der Waals surface area (Å²) < 4.78 is 38.1. The first-order valence-corrected chi connectivity index (χ1v) is 9.84. The van der Waals surface area contributed by atoms with Gasteiger partial charge in [-0.3, -0.25) is 9.99 Å². The molecule has 3 aromatic rings. The van der Waals surface area contributed by atoms with Crippen molar-refractivity contribution in [3.05, 3.63) is 89.1 Å². The van der Waals surface area contributed by atoms with Crippen molar-refractivity contribution in [1.82, 2.24) is 20.2 Å². The molecule has 0 aliphatic carbocycles. The first kappa shape index (κ1) is 20.0. The van der Waals surface area contributed by atoms with Crippen LogP contribution in [-0.4, -0.2) is 32.3 Å². The molecule has 0 atom stereocenters. The van der Waals surface area contributed by atoms with Crippen molar-refractivity contribution >= 4 is 17.0 Å². The monoisotopic (exact) mass is 427 g/mol. The van der Waals surface area contributed by atoms with E-state index < -0.39 is 6.43 Å². The quantitative estimate of drug-likeness (QED) is 0.565. The molecule has 4 rings (SSSR count). The minimum Gasteiger partial charge on any atom is -0.260 e. The zero-order valence-corrected chi connectivity index (χ0v) is 16.5. The number of hydrogen-bond acceptors (Lipinski definition) is 6. The van der Waals surface area contributed by atoms with Gasteiger partial charge in [0.2, 0.25) is 6.43 Å². The maximum absolute atomic E-state index is 13.1. The van der Waals surface area contributed by atoms with E-state index in [1.165, 1.54) is 29.7 Å². The lowest BCUT2D eigenvalue weighted by Crippen LogP contribution is -2.20. The number of benzene rings is 1. The smallest absolute Gasteiger partial charge is 0.244 e. The molecule has 1 aliphatic rings. The van der Waals surface area contributed by atoms with E-state index in [-0.39, 0.29) is 12.2 Å². The molecule has 0 bridgehead atoms. The number of aromatic nitrogens is 3. The Morgan fingerprint density at radius 2 is 1.77 bits per heavy atom. The Bertz CT molecular complexity index is 1100. The highest BCUT2D eigenvalue weighted by Crippen LogP contribution is 2.26. The maximum Gasteiger partial charge on any atom is 0.244 e. The third kappa shape index (κ3) is 4.62. The van der Waals surface area contributed by atoms with Gasteiger partial charge in [-0.05, 0) is 48.6 Å². The van der Waals surface area contributed by atoms with Crippen molar-refractivity contribution in [2.24, 2.45) is 5.10 Å². The van der Waals surface area contributed by atoms with Gasteiger partial charge in [0.1, 0.15) is 15.8 Å². The van der Waals surface area contributed by atoms with Crippen LogP contribution < -0.4 is 0 Å². The second-order valence-electron chi connectivity index (χ2n) is 6.51. The van der Waals surface area contributed by atoms with Gasteiger partial charge < -0.3 is 0 Å². The third-order valence-corrected chi connectivity index (χ3v) is 5.28. The number of alkyl halides is 2. The highest BCUT2D eigenvalue weighted by molar-refractivity contribution is 7.14. The molecule has 9 heteroatoms. The molecule has 0 N–H and O–H groups in total. The van der Waals surface area contributed by atoms with E-state index in [1.807, 2.05) is 6.08 Å². The Labute approximate surface area is 174 Å².